The minimum atomic E-state index is -0.499. The van der Waals surface area contributed by atoms with Crippen molar-refractivity contribution in [3.63, 3.8) is 0 Å². The highest BCUT2D eigenvalue weighted by Gasteiger charge is 2.23. The predicted molar refractivity (Wildman–Crippen MR) is 89.6 cm³/mol. The number of nitrogens with zero attached hydrogens (tertiary/aromatic N) is 2. The Bertz CT molecular complexity index is 602. The highest BCUT2D eigenvalue weighted by molar-refractivity contribution is 5.91. The average Bonchev–Trinajstić information content (AvgIpc) is 2.59. The van der Waals surface area contributed by atoms with Gasteiger partial charge in [-0.15, -0.1) is 0 Å². The molecule has 2 amide bonds. The van der Waals surface area contributed by atoms with Crippen LogP contribution in [-0.2, 0) is 14.3 Å². The summed E-state index contributed by atoms with van der Waals surface area (Å²) in [7, 11) is 0. The van der Waals surface area contributed by atoms with E-state index in [-0.39, 0.29) is 18.4 Å². The molecule has 0 radical (unpaired) electrons. The molecule has 0 unspecified atom stereocenters. The van der Waals surface area contributed by atoms with Crippen LogP contribution in [0.25, 0.3) is 0 Å². The summed E-state index contributed by atoms with van der Waals surface area (Å²) in [6, 6.07) is 7.22. The molecule has 1 aromatic carbocycles. The number of hydrogen-bond donors (Lipinski definition) is 0. The van der Waals surface area contributed by atoms with Gasteiger partial charge in [0.2, 0.25) is 5.91 Å². The summed E-state index contributed by atoms with van der Waals surface area (Å²) in [5, 5.41) is 0. The van der Waals surface area contributed by atoms with Crippen molar-refractivity contribution in [2.75, 3.05) is 32.8 Å². The van der Waals surface area contributed by atoms with Crippen molar-refractivity contribution < 1.29 is 19.1 Å². The van der Waals surface area contributed by atoms with Crippen LogP contribution in [0.2, 0.25) is 0 Å². The lowest BCUT2D eigenvalue weighted by Crippen LogP contribution is -2.51. The lowest BCUT2D eigenvalue weighted by molar-refractivity contribution is -0.140. The van der Waals surface area contributed by atoms with Gasteiger partial charge in [-0.05, 0) is 23.6 Å². The van der Waals surface area contributed by atoms with Gasteiger partial charge >= 0.3 is 5.97 Å². The van der Waals surface area contributed by atoms with Gasteiger partial charge in [0.1, 0.15) is 0 Å². The zero-order chi connectivity index (χ0) is 17.7. The van der Waals surface area contributed by atoms with Crippen LogP contribution >= 0.6 is 0 Å². The van der Waals surface area contributed by atoms with Gasteiger partial charge in [-0.3, -0.25) is 9.59 Å². The molecule has 2 rings (SSSR count). The predicted octanol–water partition coefficient (Wildman–Crippen LogP) is 1.66. The van der Waals surface area contributed by atoms with E-state index in [4.69, 9.17) is 4.74 Å². The van der Waals surface area contributed by atoms with Crippen molar-refractivity contribution in [3.8, 4) is 0 Å². The van der Waals surface area contributed by atoms with Gasteiger partial charge in [0.15, 0.2) is 6.61 Å². The van der Waals surface area contributed by atoms with E-state index in [2.05, 4.69) is 13.8 Å². The second kappa shape index (κ2) is 7.95. The molecule has 0 N–H and O–H groups in total. The minimum absolute atomic E-state index is 0.0124. The number of carbonyl (C=O) groups is 3. The fraction of sp³-hybridized carbons (Fsp3) is 0.500. The Morgan fingerprint density at radius 1 is 1.00 bits per heavy atom. The van der Waals surface area contributed by atoms with E-state index in [1.165, 1.54) is 6.92 Å². The number of piperazine rings is 1. The smallest absolute Gasteiger partial charge is 0.338 e. The van der Waals surface area contributed by atoms with E-state index in [1.807, 2.05) is 12.1 Å². The molecule has 6 nitrogen and oxygen atoms in total. The Kier molecular flexibility index (Phi) is 5.95. The Morgan fingerprint density at radius 3 is 2.04 bits per heavy atom. The fourth-order valence-corrected chi connectivity index (χ4v) is 2.58. The maximum Gasteiger partial charge on any atom is 0.338 e. The molecule has 0 saturated carbocycles. The molecule has 24 heavy (non-hydrogen) atoms. The second-order valence-electron chi connectivity index (χ2n) is 6.24. The van der Waals surface area contributed by atoms with Crippen molar-refractivity contribution in [3.05, 3.63) is 35.4 Å². The van der Waals surface area contributed by atoms with E-state index >= 15 is 0 Å². The summed E-state index contributed by atoms with van der Waals surface area (Å²) in [6.07, 6.45) is 0. The Morgan fingerprint density at radius 2 is 1.54 bits per heavy atom. The summed E-state index contributed by atoms with van der Waals surface area (Å²) < 4.78 is 5.11. The van der Waals surface area contributed by atoms with Gasteiger partial charge in [-0.25, -0.2) is 4.79 Å². The first-order valence-electron chi connectivity index (χ1n) is 8.19. The first-order valence-corrected chi connectivity index (χ1v) is 8.19. The number of benzene rings is 1. The SMILES string of the molecule is CC(=O)N1CCN(C(=O)COC(=O)c2ccc(C(C)C)cc2)CC1. The quantitative estimate of drug-likeness (QED) is 0.787. The fourth-order valence-electron chi connectivity index (χ4n) is 2.58. The minimum Gasteiger partial charge on any atom is -0.452 e. The number of amides is 2. The normalized spacial score (nSPS) is 14.7. The molecular weight excluding hydrogens is 308 g/mol. The number of esters is 1. The van der Waals surface area contributed by atoms with E-state index in [9.17, 15) is 14.4 Å². The van der Waals surface area contributed by atoms with Crippen molar-refractivity contribution in [2.24, 2.45) is 0 Å². The number of carbonyl (C=O) groups excluding carboxylic acids is 3. The van der Waals surface area contributed by atoms with Crippen molar-refractivity contribution in [1.29, 1.82) is 0 Å². The molecule has 0 atom stereocenters. The topological polar surface area (TPSA) is 66.9 Å². The van der Waals surface area contributed by atoms with E-state index in [1.54, 1.807) is 21.9 Å². The van der Waals surface area contributed by atoms with Crippen molar-refractivity contribution >= 4 is 17.8 Å². The van der Waals surface area contributed by atoms with Crippen LogP contribution in [-0.4, -0.2) is 60.4 Å². The van der Waals surface area contributed by atoms with Crippen LogP contribution in [0.4, 0.5) is 0 Å². The number of rotatable bonds is 4. The number of ether oxygens (including phenoxy) is 1. The number of hydrogen-bond acceptors (Lipinski definition) is 4. The average molecular weight is 332 g/mol. The molecule has 130 valence electrons. The maximum absolute atomic E-state index is 12.1. The lowest BCUT2D eigenvalue weighted by Gasteiger charge is -2.34. The summed E-state index contributed by atoms with van der Waals surface area (Å²) in [5.74, 6) is -0.324. The van der Waals surface area contributed by atoms with Gasteiger partial charge < -0.3 is 14.5 Å². The van der Waals surface area contributed by atoms with E-state index < -0.39 is 5.97 Å². The first-order chi connectivity index (χ1) is 11.4. The summed E-state index contributed by atoms with van der Waals surface area (Å²) in [6.45, 7) is 7.39. The van der Waals surface area contributed by atoms with Crippen molar-refractivity contribution in [2.45, 2.75) is 26.7 Å². The van der Waals surface area contributed by atoms with Crippen LogP contribution in [0.5, 0.6) is 0 Å². The van der Waals surface area contributed by atoms with E-state index in [0.717, 1.165) is 5.56 Å². The molecule has 0 spiro atoms. The Labute approximate surface area is 142 Å². The molecule has 1 heterocycles. The monoisotopic (exact) mass is 332 g/mol. The van der Waals surface area contributed by atoms with Crippen LogP contribution in [0.3, 0.4) is 0 Å². The molecule has 1 saturated heterocycles. The van der Waals surface area contributed by atoms with Crippen LogP contribution < -0.4 is 0 Å². The van der Waals surface area contributed by atoms with Gasteiger partial charge in [-0.1, -0.05) is 26.0 Å². The molecule has 1 aliphatic heterocycles. The molecule has 1 aliphatic rings. The van der Waals surface area contributed by atoms with Gasteiger partial charge in [0, 0.05) is 33.1 Å². The third kappa shape index (κ3) is 4.57. The zero-order valence-corrected chi connectivity index (χ0v) is 14.4. The van der Waals surface area contributed by atoms with Gasteiger partial charge in [-0.2, -0.15) is 0 Å². The summed E-state index contributed by atoms with van der Waals surface area (Å²) in [4.78, 5) is 38.7. The van der Waals surface area contributed by atoms with Crippen molar-refractivity contribution in [1.82, 2.24) is 9.80 Å². The largest absolute Gasteiger partial charge is 0.452 e. The van der Waals surface area contributed by atoms with Crippen LogP contribution in [0.15, 0.2) is 24.3 Å². The zero-order valence-electron chi connectivity index (χ0n) is 14.4. The lowest BCUT2D eigenvalue weighted by atomic mass is 10.0. The van der Waals surface area contributed by atoms with E-state index in [0.29, 0.717) is 37.7 Å². The summed E-state index contributed by atoms with van der Waals surface area (Å²) >= 11 is 0. The highest BCUT2D eigenvalue weighted by Crippen LogP contribution is 2.15. The summed E-state index contributed by atoms with van der Waals surface area (Å²) in [5.41, 5.74) is 1.58. The van der Waals surface area contributed by atoms with Gasteiger partial charge in [0.25, 0.3) is 5.91 Å². The Hall–Kier alpha value is -2.37. The third-order valence-corrected chi connectivity index (χ3v) is 4.22. The molecule has 1 fully saturated rings. The molecular formula is C18H24N2O4. The Balaban J connectivity index is 1.81. The van der Waals surface area contributed by atoms with Crippen LogP contribution in [0.1, 0.15) is 42.6 Å². The van der Waals surface area contributed by atoms with Crippen LogP contribution in [0, 0.1) is 0 Å². The molecule has 0 bridgehead atoms. The second-order valence-corrected chi connectivity index (χ2v) is 6.24. The molecule has 1 aromatic rings. The molecule has 0 aromatic heterocycles. The highest BCUT2D eigenvalue weighted by atomic mass is 16.5. The molecule has 0 aliphatic carbocycles. The molecule has 6 heteroatoms. The van der Waals surface area contributed by atoms with Gasteiger partial charge in [0.05, 0.1) is 5.56 Å². The third-order valence-electron chi connectivity index (χ3n) is 4.22. The standard InChI is InChI=1S/C18H24N2O4/c1-13(2)15-4-6-16(7-5-15)18(23)24-12-17(22)20-10-8-19(9-11-20)14(3)21/h4-7,13H,8-12H2,1-3H3. The first kappa shape index (κ1) is 18.0. The maximum atomic E-state index is 12.1.